The molecule has 3 rings (SSSR count). The van der Waals surface area contributed by atoms with Crippen molar-refractivity contribution in [3.63, 3.8) is 0 Å². The van der Waals surface area contributed by atoms with Crippen LogP contribution in [0.15, 0.2) is 24.3 Å². The standard InChI is InChI=1S/C17H23N3O3/c21-16-7-3-9-20(16)10-4-8-18-17(22)19-12-14-11-13-5-1-2-6-15(13)23-14/h1-2,5-6,14H,3-4,7-12H2,(H2,18,19,22)/t14-/m0/s1. The lowest BCUT2D eigenvalue weighted by molar-refractivity contribution is -0.127. The number of nitrogens with one attached hydrogen (secondary N) is 2. The third-order valence-electron chi connectivity index (χ3n) is 4.27. The highest BCUT2D eigenvalue weighted by molar-refractivity contribution is 5.78. The fourth-order valence-electron chi connectivity index (χ4n) is 3.05. The lowest BCUT2D eigenvalue weighted by Gasteiger charge is -2.16. The van der Waals surface area contributed by atoms with E-state index < -0.39 is 0 Å². The Morgan fingerprint density at radius 2 is 2.17 bits per heavy atom. The fraction of sp³-hybridized carbons (Fsp3) is 0.529. The highest BCUT2D eigenvalue weighted by Crippen LogP contribution is 2.27. The summed E-state index contributed by atoms with van der Waals surface area (Å²) in [4.78, 5) is 25.1. The molecule has 0 spiro atoms. The van der Waals surface area contributed by atoms with Gasteiger partial charge in [0.05, 0.1) is 6.54 Å². The fourth-order valence-corrected chi connectivity index (χ4v) is 3.05. The molecule has 2 aliphatic rings. The van der Waals surface area contributed by atoms with Crippen LogP contribution in [-0.2, 0) is 11.2 Å². The number of rotatable bonds is 6. The summed E-state index contributed by atoms with van der Waals surface area (Å²) in [5.41, 5.74) is 1.19. The molecule has 2 aliphatic heterocycles. The Bertz CT molecular complexity index is 551. The first-order valence-corrected chi connectivity index (χ1v) is 8.26. The van der Waals surface area contributed by atoms with E-state index in [0.29, 0.717) is 19.5 Å². The number of carbonyl (C=O) groups excluding carboxylic acids is 2. The van der Waals surface area contributed by atoms with E-state index in [2.05, 4.69) is 16.7 Å². The van der Waals surface area contributed by atoms with E-state index in [4.69, 9.17) is 4.74 Å². The number of hydrogen-bond acceptors (Lipinski definition) is 3. The monoisotopic (exact) mass is 317 g/mol. The van der Waals surface area contributed by atoms with Gasteiger partial charge in [-0.1, -0.05) is 18.2 Å². The molecule has 2 N–H and O–H groups in total. The van der Waals surface area contributed by atoms with Crippen LogP contribution in [0.3, 0.4) is 0 Å². The molecule has 0 unspecified atom stereocenters. The van der Waals surface area contributed by atoms with Crippen molar-refractivity contribution in [2.75, 3.05) is 26.2 Å². The molecular formula is C17H23N3O3. The van der Waals surface area contributed by atoms with Gasteiger partial charge in [-0.2, -0.15) is 0 Å². The minimum Gasteiger partial charge on any atom is -0.488 e. The van der Waals surface area contributed by atoms with Crippen molar-refractivity contribution in [1.29, 1.82) is 0 Å². The molecule has 23 heavy (non-hydrogen) atoms. The van der Waals surface area contributed by atoms with E-state index in [1.165, 1.54) is 5.56 Å². The van der Waals surface area contributed by atoms with Gasteiger partial charge in [0.15, 0.2) is 0 Å². The number of ether oxygens (including phenoxy) is 1. The van der Waals surface area contributed by atoms with Gasteiger partial charge in [-0.3, -0.25) is 4.79 Å². The molecule has 1 aromatic carbocycles. The maximum atomic E-state index is 11.8. The molecule has 6 nitrogen and oxygen atoms in total. The SMILES string of the molecule is O=C(NCCCN1CCCC1=O)NC[C@@H]1Cc2ccccc2O1. The Labute approximate surface area is 136 Å². The van der Waals surface area contributed by atoms with Gasteiger partial charge in [0.2, 0.25) is 5.91 Å². The number of nitrogens with zero attached hydrogens (tertiary/aromatic N) is 1. The number of urea groups is 1. The van der Waals surface area contributed by atoms with E-state index in [1.54, 1.807) is 0 Å². The first-order valence-electron chi connectivity index (χ1n) is 8.26. The Balaban J connectivity index is 1.28. The van der Waals surface area contributed by atoms with Crippen molar-refractivity contribution in [3.8, 4) is 5.75 Å². The van der Waals surface area contributed by atoms with Crippen LogP contribution in [0.5, 0.6) is 5.75 Å². The molecule has 1 atom stereocenters. The number of benzene rings is 1. The molecule has 6 heteroatoms. The first kappa shape index (κ1) is 15.6. The molecule has 0 saturated carbocycles. The average molecular weight is 317 g/mol. The van der Waals surface area contributed by atoms with Crippen LogP contribution < -0.4 is 15.4 Å². The second-order valence-corrected chi connectivity index (χ2v) is 6.03. The molecule has 1 saturated heterocycles. The van der Waals surface area contributed by atoms with Crippen molar-refractivity contribution in [2.45, 2.75) is 31.8 Å². The van der Waals surface area contributed by atoms with E-state index in [-0.39, 0.29) is 18.0 Å². The predicted octanol–water partition coefficient (Wildman–Crippen LogP) is 1.30. The summed E-state index contributed by atoms with van der Waals surface area (Å²) in [6, 6.07) is 7.77. The average Bonchev–Trinajstić information content (AvgIpc) is 3.15. The molecule has 0 bridgehead atoms. The summed E-state index contributed by atoms with van der Waals surface area (Å²) in [6.45, 7) is 2.64. The normalized spacial score (nSPS) is 19.4. The molecule has 0 aliphatic carbocycles. The number of fused-ring (bicyclic) bond motifs is 1. The zero-order chi connectivity index (χ0) is 16.1. The lowest BCUT2D eigenvalue weighted by atomic mass is 10.1. The maximum absolute atomic E-state index is 11.8. The van der Waals surface area contributed by atoms with Gasteiger partial charge >= 0.3 is 6.03 Å². The third-order valence-corrected chi connectivity index (χ3v) is 4.27. The minimum atomic E-state index is -0.183. The Kier molecular flexibility index (Phi) is 5.00. The topological polar surface area (TPSA) is 70.7 Å². The zero-order valence-corrected chi connectivity index (χ0v) is 13.2. The molecule has 1 aromatic rings. The molecule has 2 heterocycles. The number of carbonyl (C=O) groups is 2. The van der Waals surface area contributed by atoms with Crippen molar-refractivity contribution in [3.05, 3.63) is 29.8 Å². The smallest absolute Gasteiger partial charge is 0.314 e. The van der Waals surface area contributed by atoms with Crippen LogP contribution in [0.2, 0.25) is 0 Å². The lowest BCUT2D eigenvalue weighted by Crippen LogP contribution is -2.41. The second kappa shape index (κ2) is 7.35. The predicted molar refractivity (Wildman–Crippen MR) is 86.4 cm³/mol. The van der Waals surface area contributed by atoms with Gasteiger partial charge in [0, 0.05) is 32.5 Å². The van der Waals surface area contributed by atoms with Gasteiger partial charge in [0.25, 0.3) is 0 Å². The summed E-state index contributed by atoms with van der Waals surface area (Å²) in [7, 11) is 0. The first-order chi connectivity index (χ1) is 11.2. The summed E-state index contributed by atoms with van der Waals surface area (Å²) in [5.74, 6) is 1.14. The van der Waals surface area contributed by atoms with Crippen molar-refractivity contribution in [2.24, 2.45) is 0 Å². The summed E-state index contributed by atoms with van der Waals surface area (Å²) in [5, 5.41) is 5.66. The van der Waals surface area contributed by atoms with Crippen LogP contribution in [0, 0.1) is 0 Å². The summed E-state index contributed by atoms with van der Waals surface area (Å²) >= 11 is 0. The van der Waals surface area contributed by atoms with Crippen LogP contribution >= 0.6 is 0 Å². The maximum Gasteiger partial charge on any atom is 0.314 e. The van der Waals surface area contributed by atoms with Crippen LogP contribution in [0.1, 0.15) is 24.8 Å². The van der Waals surface area contributed by atoms with E-state index in [9.17, 15) is 9.59 Å². The van der Waals surface area contributed by atoms with Gasteiger partial charge in [-0.05, 0) is 24.5 Å². The number of para-hydroxylation sites is 1. The van der Waals surface area contributed by atoms with Crippen molar-refractivity contribution >= 4 is 11.9 Å². The van der Waals surface area contributed by atoms with Gasteiger partial charge in [0.1, 0.15) is 11.9 Å². The quantitative estimate of drug-likeness (QED) is 0.777. The van der Waals surface area contributed by atoms with E-state index in [1.807, 2.05) is 23.1 Å². The van der Waals surface area contributed by atoms with E-state index in [0.717, 1.165) is 38.1 Å². The van der Waals surface area contributed by atoms with Gasteiger partial charge in [-0.25, -0.2) is 4.79 Å². The Hall–Kier alpha value is -2.24. The summed E-state index contributed by atoms with van der Waals surface area (Å²) in [6.07, 6.45) is 3.23. The minimum absolute atomic E-state index is 0.000344. The molecule has 1 fully saturated rings. The molecule has 124 valence electrons. The molecule has 0 radical (unpaired) electrons. The highest BCUT2D eigenvalue weighted by Gasteiger charge is 2.22. The molecular weight excluding hydrogens is 294 g/mol. The second-order valence-electron chi connectivity index (χ2n) is 6.03. The van der Waals surface area contributed by atoms with Crippen molar-refractivity contribution < 1.29 is 14.3 Å². The van der Waals surface area contributed by atoms with Crippen molar-refractivity contribution in [1.82, 2.24) is 15.5 Å². The highest BCUT2D eigenvalue weighted by atomic mass is 16.5. The van der Waals surface area contributed by atoms with Gasteiger partial charge < -0.3 is 20.3 Å². The Morgan fingerprint density at radius 1 is 1.30 bits per heavy atom. The molecule has 0 aromatic heterocycles. The van der Waals surface area contributed by atoms with Gasteiger partial charge in [-0.15, -0.1) is 0 Å². The number of hydrogen-bond donors (Lipinski definition) is 2. The molecule has 3 amide bonds. The summed E-state index contributed by atoms with van der Waals surface area (Å²) < 4.78 is 5.78. The number of amides is 3. The van der Waals surface area contributed by atoms with Crippen LogP contribution in [-0.4, -0.2) is 49.1 Å². The van der Waals surface area contributed by atoms with Crippen LogP contribution in [0.25, 0.3) is 0 Å². The Morgan fingerprint density at radius 3 is 2.96 bits per heavy atom. The largest absolute Gasteiger partial charge is 0.488 e. The zero-order valence-electron chi connectivity index (χ0n) is 13.2. The van der Waals surface area contributed by atoms with E-state index >= 15 is 0 Å². The number of likely N-dealkylation sites (tertiary alicyclic amines) is 1. The third kappa shape index (κ3) is 4.15. The van der Waals surface area contributed by atoms with Crippen LogP contribution in [0.4, 0.5) is 4.79 Å².